The van der Waals surface area contributed by atoms with Crippen molar-refractivity contribution in [3.8, 4) is 0 Å². The molecule has 1 unspecified atom stereocenters. The zero-order valence-electron chi connectivity index (χ0n) is 12.6. The number of fused-ring (bicyclic) bond motifs is 1. The van der Waals surface area contributed by atoms with Gasteiger partial charge in [-0.05, 0) is 54.7 Å². The lowest BCUT2D eigenvalue weighted by Crippen LogP contribution is -2.30. The van der Waals surface area contributed by atoms with E-state index < -0.39 is 0 Å². The predicted molar refractivity (Wildman–Crippen MR) is 85.7 cm³/mol. The number of nitrogens with zero attached hydrogens (tertiary/aromatic N) is 1. The van der Waals surface area contributed by atoms with Crippen molar-refractivity contribution in [3.63, 3.8) is 0 Å². The first-order valence-electron chi connectivity index (χ1n) is 7.46. The molecule has 1 aromatic heterocycles. The Hall–Kier alpha value is -0.410. The maximum absolute atomic E-state index is 6.31. The summed E-state index contributed by atoms with van der Waals surface area (Å²) in [6.45, 7) is 5.84. The van der Waals surface area contributed by atoms with E-state index in [1.807, 2.05) is 11.8 Å². The highest BCUT2D eigenvalue weighted by Crippen LogP contribution is 2.40. The molecule has 1 heterocycles. The number of thioether (sulfide) groups is 1. The van der Waals surface area contributed by atoms with Crippen LogP contribution in [0.1, 0.15) is 56.8 Å². The van der Waals surface area contributed by atoms with Crippen molar-refractivity contribution in [2.75, 3.05) is 12.0 Å². The monoisotopic (exact) mass is 280 g/mol. The Labute approximate surface area is 122 Å². The molecule has 108 valence electrons. The normalized spacial score (nSPS) is 21.4. The topological polar surface area (TPSA) is 30.9 Å². The average Bonchev–Trinajstić information content (AvgIpc) is 2.71. The Kier molecular flexibility index (Phi) is 5.02. The second kappa shape index (κ2) is 6.36. The van der Waals surface area contributed by atoms with Gasteiger partial charge in [0.1, 0.15) is 0 Å². The summed E-state index contributed by atoms with van der Waals surface area (Å²) < 4.78 is 2.45. The van der Waals surface area contributed by atoms with Crippen LogP contribution in [0.15, 0.2) is 12.3 Å². The molecule has 2 N–H and O–H groups in total. The number of aromatic nitrogens is 1. The Balaban J connectivity index is 1.96. The third-order valence-corrected chi connectivity index (χ3v) is 4.88. The van der Waals surface area contributed by atoms with Gasteiger partial charge in [-0.15, -0.1) is 0 Å². The van der Waals surface area contributed by atoms with Gasteiger partial charge in [-0.2, -0.15) is 11.8 Å². The molecule has 0 radical (unpaired) electrons. The summed E-state index contributed by atoms with van der Waals surface area (Å²) in [4.78, 5) is 0. The first kappa shape index (κ1) is 15.0. The van der Waals surface area contributed by atoms with E-state index in [1.54, 1.807) is 0 Å². The SMILES string of the molecule is CSCCCCCn1ccc2c1CC(C)(C)CC2N. The highest BCUT2D eigenvalue weighted by atomic mass is 32.2. The van der Waals surface area contributed by atoms with Crippen LogP contribution in [0.4, 0.5) is 0 Å². The van der Waals surface area contributed by atoms with E-state index in [0.29, 0.717) is 5.41 Å². The van der Waals surface area contributed by atoms with Crippen LogP contribution in [-0.4, -0.2) is 16.6 Å². The molecule has 0 fully saturated rings. The summed E-state index contributed by atoms with van der Waals surface area (Å²) in [5.41, 5.74) is 9.55. The zero-order valence-corrected chi connectivity index (χ0v) is 13.4. The maximum Gasteiger partial charge on any atom is 0.0318 e. The maximum atomic E-state index is 6.31. The number of hydrogen-bond donors (Lipinski definition) is 1. The summed E-state index contributed by atoms with van der Waals surface area (Å²) >= 11 is 1.95. The minimum Gasteiger partial charge on any atom is -0.351 e. The van der Waals surface area contributed by atoms with Gasteiger partial charge in [-0.25, -0.2) is 0 Å². The Morgan fingerprint density at radius 3 is 2.89 bits per heavy atom. The molecule has 0 saturated carbocycles. The Bertz CT molecular complexity index is 409. The van der Waals surface area contributed by atoms with E-state index in [2.05, 4.69) is 36.9 Å². The fourth-order valence-corrected chi connectivity index (χ4v) is 3.70. The molecule has 0 aromatic carbocycles. The van der Waals surface area contributed by atoms with E-state index in [9.17, 15) is 0 Å². The van der Waals surface area contributed by atoms with Crippen LogP contribution in [0.3, 0.4) is 0 Å². The number of nitrogens with two attached hydrogens (primary N) is 1. The van der Waals surface area contributed by atoms with E-state index in [-0.39, 0.29) is 6.04 Å². The first-order chi connectivity index (χ1) is 9.03. The summed E-state index contributed by atoms with van der Waals surface area (Å²) in [6, 6.07) is 2.48. The lowest BCUT2D eigenvalue weighted by atomic mass is 9.74. The van der Waals surface area contributed by atoms with Crippen LogP contribution < -0.4 is 5.73 Å². The molecule has 0 saturated heterocycles. The van der Waals surface area contributed by atoms with Gasteiger partial charge in [-0.3, -0.25) is 0 Å². The quantitative estimate of drug-likeness (QED) is 0.799. The minimum atomic E-state index is 0.233. The molecule has 1 aromatic rings. The van der Waals surface area contributed by atoms with E-state index in [1.165, 1.54) is 42.7 Å². The summed E-state index contributed by atoms with van der Waals surface area (Å²) in [6.07, 6.45) is 10.7. The third kappa shape index (κ3) is 3.79. The van der Waals surface area contributed by atoms with Crippen molar-refractivity contribution in [1.29, 1.82) is 0 Å². The largest absolute Gasteiger partial charge is 0.351 e. The minimum absolute atomic E-state index is 0.233. The molecule has 0 bridgehead atoms. The van der Waals surface area contributed by atoms with Crippen LogP contribution in [-0.2, 0) is 13.0 Å². The molecular weight excluding hydrogens is 252 g/mol. The van der Waals surface area contributed by atoms with Crippen molar-refractivity contribution in [2.45, 2.75) is 58.5 Å². The molecule has 0 amide bonds. The third-order valence-electron chi connectivity index (χ3n) is 4.18. The van der Waals surface area contributed by atoms with Crippen LogP contribution in [0.2, 0.25) is 0 Å². The molecule has 1 aliphatic carbocycles. The molecule has 0 spiro atoms. The fraction of sp³-hybridized carbons (Fsp3) is 0.750. The summed E-state index contributed by atoms with van der Waals surface area (Å²) in [5, 5.41) is 0. The Morgan fingerprint density at radius 1 is 1.37 bits per heavy atom. The van der Waals surface area contributed by atoms with Crippen LogP contribution in [0, 0.1) is 5.41 Å². The predicted octanol–water partition coefficient (Wildman–Crippen LogP) is 3.99. The lowest BCUT2D eigenvalue weighted by Gasteiger charge is -2.34. The van der Waals surface area contributed by atoms with Crippen molar-refractivity contribution < 1.29 is 0 Å². The van der Waals surface area contributed by atoms with Gasteiger partial charge < -0.3 is 10.3 Å². The second-order valence-corrected chi connectivity index (χ2v) is 7.60. The standard InChI is InChI=1S/C16H28N2S/c1-16(2)11-14(17)13-7-9-18(15(13)12-16)8-5-4-6-10-19-3/h7,9,14H,4-6,8,10-12,17H2,1-3H3. The lowest BCUT2D eigenvalue weighted by molar-refractivity contribution is 0.274. The molecule has 1 aliphatic rings. The highest BCUT2D eigenvalue weighted by molar-refractivity contribution is 7.98. The van der Waals surface area contributed by atoms with Crippen LogP contribution in [0.5, 0.6) is 0 Å². The van der Waals surface area contributed by atoms with Crippen molar-refractivity contribution in [3.05, 3.63) is 23.5 Å². The second-order valence-electron chi connectivity index (χ2n) is 6.62. The Morgan fingerprint density at radius 2 is 2.16 bits per heavy atom. The number of rotatable bonds is 6. The average molecular weight is 280 g/mol. The van der Waals surface area contributed by atoms with Gasteiger partial charge in [-0.1, -0.05) is 20.3 Å². The zero-order chi connectivity index (χ0) is 13.9. The molecule has 0 aliphatic heterocycles. The van der Waals surface area contributed by atoms with Crippen molar-refractivity contribution in [2.24, 2.45) is 11.1 Å². The van der Waals surface area contributed by atoms with Gasteiger partial charge in [0.25, 0.3) is 0 Å². The fourth-order valence-electron chi connectivity index (χ4n) is 3.21. The number of unbranched alkanes of at least 4 members (excludes halogenated alkanes) is 2. The van der Waals surface area contributed by atoms with E-state index >= 15 is 0 Å². The van der Waals surface area contributed by atoms with Crippen LogP contribution in [0.25, 0.3) is 0 Å². The number of aryl methyl sites for hydroxylation is 1. The van der Waals surface area contributed by atoms with Crippen molar-refractivity contribution in [1.82, 2.24) is 4.57 Å². The molecule has 19 heavy (non-hydrogen) atoms. The molecule has 2 nitrogen and oxygen atoms in total. The molecule has 3 heteroatoms. The summed E-state index contributed by atoms with van der Waals surface area (Å²) in [5.74, 6) is 1.29. The van der Waals surface area contributed by atoms with Gasteiger partial charge in [0.2, 0.25) is 0 Å². The highest BCUT2D eigenvalue weighted by Gasteiger charge is 2.32. The van der Waals surface area contributed by atoms with Crippen LogP contribution >= 0.6 is 11.8 Å². The smallest absolute Gasteiger partial charge is 0.0318 e. The van der Waals surface area contributed by atoms with Gasteiger partial charge in [0.15, 0.2) is 0 Å². The van der Waals surface area contributed by atoms with Gasteiger partial charge in [0, 0.05) is 24.5 Å². The van der Waals surface area contributed by atoms with Gasteiger partial charge in [0.05, 0.1) is 0 Å². The molecule has 2 rings (SSSR count). The van der Waals surface area contributed by atoms with E-state index in [4.69, 9.17) is 5.73 Å². The van der Waals surface area contributed by atoms with Crippen molar-refractivity contribution >= 4 is 11.8 Å². The molecule has 1 atom stereocenters. The number of hydrogen-bond acceptors (Lipinski definition) is 2. The first-order valence-corrected chi connectivity index (χ1v) is 8.85. The van der Waals surface area contributed by atoms with E-state index in [0.717, 1.165) is 13.0 Å². The summed E-state index contributed by atoms with van der Waals surface area (Å²) in [7, 11) is 0. The molecular formula is C16H28N2S. The van der Waals surface area contributed by atoms with Gasteiger partial charge >= 0.3 is 0 Å².